The van der Waals surface area contributed by atoms with Gasteiger partial charge < -0.3 is 9.64 Å². The first-order valence-electron chi connectivity index (χ1n) is 7.08. The molecule has 0 radical (unpaired) electrons. The highest BCUT2D eigenvalue weighted by Crippen LogP contribution is 2.47. The lowest BCUT2D eigenvalue weighted by Gasteiger charge is -2.55. The number of hydrogen-bond acceptors (Lipinski definition) is 3. The average Bonchev–Trinajstić information content (AvgIpc) is 2.65. The van der Waals surface area contributed by atoms with Gasteiger partial charge in [-0.1, -0.05) is 27.7 Å². The maximum atomic E-state index is 12.4. The second-order valence-electron chi connectivity index (χ2n) is 6.09. The molecule has 0 spiro atoms. The Hall–Kier alpha value is -0.610. The molecule has 1 saturated carbocycles. The van der Waals surface area contributed by atoms with Gasteiger partial charge in [-0.05, 0) is 19.3 Å². The minimum Gasteiger partial charge on any atom is -0.381 e. The van der Waals surface area contributed by atoms with Gasteiger partial charge in [0.15, 0.2) is 0 Å². The van der Waals surface area contributed by atoms with Gasteiger partial charge >= 0.3 is 0 Å². The second kappa shape index (κ2) is 4.82. The van der Waals surface area contributed by atoms with Gasteiger partial charge in [0.25, 0.3) is 0 Å². The molecule has 2 fully saturated rings. The van der Waals surface area contributed by atoms with Gasteiger partial charge in [0.1, 0.15) is 0 Å². The van der Waals surface area contributed by atoms with Gasteiger partial charge in [0, 0.05) is 18.6 Å². The van der Waals surface area contributed by atoms with Gasteiger partial charge in [-0.25, -0.2) is 0 Å². The average molecular weight is 254 g/mol. The maximum Gasteiger partial charge on any atom is 0.241 e. The summed E-state index contributed by atoms with van der Waals surface area (Å²) in [4.78, 5) is 14.5. The highest BCUT2D eigenvalue weighted by atomic mass is 16.5. The highest BCUT2D eigenvalue weighted by molar-refractivity contribution is 5.84. The molecule has 0 aromatic carbocycles. The smallest absolute Gasteiger partial charge is 0.241 e. The topological polar surface area (TPSA) is 41.6 Å². The first kappa shape index (κ1) is 13.8. The van der Waals surface area contributed by atoms with Crippen molar-refractivity contribution in [2.45, 2.75) is 71.3 Å². The maximum absolute atomic E-state index is 12.4. The lowest BCUT2D eigenvalue weighted by Crippen LogP contribution is -2.64. The summed E-state index contributed by atoms with van der Waals surface area (Å²) in [6, 6.07) is 0.316. The molecule has 18 heavy (non-hydrogen) atoms. The van der Waals surface area contributed by atoms with Crippen LogP contribution in [0.2, 0.25) is 0 Å². The fourth-order valence-electron chi connectivity index (χ4n) is 3.43. The molecule has 104 valence electrons. The standard InChI is InChI=1S/C14H26N2O2/c1-6-9-13(17)16(12(7-2)15-9)10-8-11(18-5)14(10,3)4/h9-12,15H,6-8H2,1-5H3. The third kappa shape index (κ3) is 1.86. The minimum absolute atomic E-state index is 0.00680. The molecule has 1 saturated heterocycles. The normalized spacial score (nSPS) is 38.9. The van der Waals surface area contributed by atoms with Crippen molar-refractivity contribution in [2.75, 3.05) is 7.11 Å². The predicted molar refractivity (Wildman–Crippen MR) is 71.1 cm³/mol. The largest absolute Gasteiger partial charge is 0.381 e. The van der Waals surface area contributed by atoms with E-state index in [1.165, 1.54) is 0 Å². The summed E-state index contributed by atoms with van der Waals surface area (Å²) < 4.78 is 5.49. The van der Waals surface area contributed by atoms with Crippen LogP contribution in [0, 0.1) is 5.41 Å². The van der Waals surface area contributed by atoms with Crippen LogP contribution in [0.15, 0.2) is 0 Å². The SMILES string of the molecule is CCC1NC(CC)N(C2CC(OC)C2(C)C)C1=O. The van der Waals surface area contributed by atoms with E-state index in [0.717, 1.165) is 19.3 Å². The van der Waals surface area contributed by atoms with E-state index >= 15 is 0 Å². The van der Waals surface area contributed by atoms with E-state index in [1.807, 2.05) is 0 Å². The fourth-order valence-corrected chi connectivity index (χ4v) is 3.43. The number of amides is 1. The predicted octanol–water partition coefficient (Wildman–Crippen LogP) is 1.75. The zero-order valence-electron chi connectivity index (χ0n) is 12.2. The van der Waals surface area contributed by atoms with Crippen molar-refractivity contribution < 1.29 is 9.53 Å². The van der Waals surface area contributed by atoms with E-state index in [-0.39, 0.29) is 29.6 Å². The van der Waals surface area contributed by atoms with Gasteiger partial charge in [-0.2, -0.15) is 0 Å². The van der Waals surface area contributed by atoms with Gasteiger partial charge in [-0.3, -0.25) is 10.1 Å². The van der Waals surface area contributed by atoms with Gasteiger partial charge in [0.05, 0.1) is 18.3 Å². The molecule has 4 unspecified atom stereocenters. The Kier molecular flexibility index (Phi) is 3.70. The highest BCUT2D eigenvalue weighted by Gasteiger charge is 2.56. The van der Waals surface area contributed by atoms with E-state index in [2.05, 4.69) is 37.9 Å². The quantitative estimate of drug-likeness (QED) is 0.831. The molecule has 1 heterocycles. The Labute approximate surface area is 110 Å². The van der Waals surface area contributed by atoms with Crippen LogP contribution in [0.3, 0.4) is 0 Å². The molecule has 2 aliphatic rings. The number of methoxy groups -OCH3 is 1. The Balaban J connectivity index is 2.15. The van der Waals surface area contributed by atoms with Crippen molar-refractivity contribution in [3.8, 4) is 0 Å². The zero-order valence-corrected chi connectivity index (χ0v) is 12.2. The van der Waals surface area contributed by atoms with Gasteiger partial charge in [0.2, 0.25) is 5.91 Å². The summed E-state index contributed by atoms with van der Waals surface area (Å²) in [6.45, 7) is 8.61. The molecule has 0 aromatic rings. The van der Waals surface area contributed by atoms with Crippen LogP contribution in [0.1, 0.15) is 47.0 Å². The van der Waals surface area contributed by atoms with E-state index in [0.29, 0.717) is 6.04 Å². The van der Waals surface area contributed by atoms with E-state index in [1.54, 1.807) is 7.11 Å². The summed E-state index contributed by atoms with van der Waals surface area (Å²) in [5.74, 6) is 0.275. The third-order valence-electron chi connectivity index (χ3n) is 4.82. The lowest BCUT2D eigenvalue weighted by molar-refractivity contribution is -0.162. The molecular weight excluding hydrogens is 228 g/mol. The van der Waals surface area contributed by atoms with Crippen molar-refractivity contribution in [2.24, 2.45) is 5.41 Å². The van der Waals surface area contributed by atoms with Crippen molar-refractivity contribution in [3.63, 3.8) is 0 Å². The van der Waals surface area contributed by atoms with Crippen molar-refractivity contribution in [1.82, 2.24) is 10.2 Å². The molecule has 4 heteroatoms. The van der Waals surface area contributed by atoms with Crippen LogP contribution in [-0.4, -0.2) is 42.3 Å². The fraction of sp³-hybridized carbons (Fsp3) is 0.929. The number of nitrogens with one attached hydrogen (secondary N) is 1. The van der Waals surface area contributed by atoms with Crippen molar-refractivity contribution in [1.29, 1.82) is 0 Å². The molecule has 1 N–H and O–H groups in total. The molecule has 1 amide bonds. The number of ether oxygens (including phenoxy) is 1. The van der Waals surface area contributed by atoms with E-state index in [9.17, 15) is 4.79 Å². The Morgan fingerprint density at radius 1 is 1.39 bits per heavy atom. The first-order valence-corrected chi connectivity index (χ1v) is 7.08. The summed E-state index contributed by atoms with van der Waals surface area (Å²) in [5, 5.41) is 3.45. The van der Waals surface area contributed by atoms with Crippen LogP contribution in [-0.2, 0) is 9.53 Å². The van der Waals surface area contributed by atoms with Crippen LogP contribution in [0.25, 0.3) is 0 Å². The summed E-state index contributed by atoms with van der Waals surface area (Å²) in [7, 11) is 1.76. The van der Waals surface area contributed by atoms with Crippen LogP contribution < -0.4 is 5.32 Å². The Morgan fingerprint density at radius 3 is 2.50 bits per heavy atom. The molecule has 4 nitrogen and oxygen atoms in total. The third-order valence-corrected chi connectivity index (χ3v) is 4.82. The van der Waals surface area contributed by atoms with E-state index < -0.39 is 0 Å². The van der Waals surface area contributed by atoms with Crippen LogP contribution in [0.4, 0.5) is 0 Å². The molecule has 4 atom stereocenters. The monoisotopic (exact) mass is 254 g/mol. The zero-order chi connectivity index (χ0) is 13.5. The molecule has 1 aliphatic carbocycles. The number of hydrogen-bond donors (Lipinski definition) is 1. The van der Waals surface area contributed by atoms with Gasteiger partial charge in [-0.15, -0.1) is 0 Å². The molecule has 0 aromatic heterocycles. The molecule has 2 rings (SSSR count). The Morgan fingerprint density at radius 2 is 2.06 bits per heavy atom. The van der Waals surface area contributed by atoms with Crippen LogP contribution >= 0.6 is 0 Å². The summed E-state index contributed by atoms with van der Waals surface area (Å²) >= 11 is 0. The molecule has 0 bridgehead atoms. The number of carbonyl (C=O) groups excluding carboxylic acids is 1. The molecule has 1 aliphatic heterocycles. The molecular formula is C14H26N2O2. The van der Waals surface area contributed by atoms with E-state index in [4.69, 9.17) is 4.74 Å². The summed E-state index contributed by atoms with van der Waals surface area (Å²) in [5.41, 5.74) is 0.0577. The van der Waals surface area contributed by atoms with Crippen molar-refractivity contribution >= 4 is 5.91 Å². The Bertz CT molecular complexity index is 330. The number of rotatable bonds is 4. The first-order chi connectivity index (χ1) is 8.47. The lowest BCUT2D eigenvalue weighted by atomic mass is 9.63. The van der Waals surface area contributed by atoms with Crippen molar-refractivity contribution in [3.05, 3.63) is 0 Å². The van der Waals surface area contributed by atoms with Crippen LogP contribution in [0.5, 0.6) is 0 Å². The second-order valence-corrected chi connectivity index (χ2v) is 6.09. The number of carbonyl (C=O) groups is 1. The number of nitrogens with zero attached hydrogens (tertiary/aromatic N) is 1. The minimum atomic E-state index is 0.00680. The summed E-state index contributed by atoms with van der Waals surface area (Å²) in [6.07, 6.45) is 3.27.